The number of hydrogen-bond donors (Lipinski definition) is 1. The quantitative estimate of drug-likeness (QED) is 0.106. The third-order valence-electron chi connectivity index (χ3n) is 11.2. The van der Waals surface area contributed by atoms with Crippen molar-refractivity contribution in [3.8, 4) is 0 Å². The van der Waals surface area contributed by atoms with Crippen LogP contribution in [0.25, 0.3) is 0 Å². The van der Waals surface area contributed by atoms with E-state index >= 15 is 4.79 Å². The predicted molar refractivity (Wildman–Crippen MR) is 191 cm³/mol. The highest BCUT2D eigenvalue weighted by atomic mass is 35.6. The number of ketones is 1. The van der Waals surface area contributed by atoms with Gasteiger partial charge in [-0.05, 0) is 43.9 Å². The van der Waals surface area contributed by atoms with Gasteiger partial charge in [-0.2, -0.15) is 0 Å². The summed E-state index contributed by atoms with van der Waals surface area (Å²) in [5.41, 5.74) is -6.63. The average Bonchev–Trinajstić information content (AvgIpc) is 3.03. The fraction of sp³-hybridized carbons (Fsp3) is 0.629. The van der Waals surface area contributed by atoms with E-state index in [2.05, 4.69) is 0 Å². The maximum atomic E-state index is 15.7. The Kier molecular flexibility index (Phi) is 11.4. The van der Waals surface area contributed by atoms with Gasteiger partial charge in [0.05, 0.1) is 29.4 Å². The van der Waals surface area contributed by atoms with Gasteiger partial charge in [0.2, 0.25) is 7.59 Å². The molecule has 1 N–H and O–H groups in total. The van der Waals surface area contributed by atoms with Crippen LogP contribution >= 0.6 is 69.6 Å². The Morgan fingerprint density at radius 2 is 1.52 bits per heavy atom. The summed E-state index contributed by atoms with van der Waals surface area (Å²) in [5, 5.41) is 13.2. The van der Waals surface area contributed by atoms with Crippen LogP contribution in [0.5, 0.6) is 0 Å². The van der Waals surface area contributed by atoms with E-state index in [1.165, 1.54) is 19.1 Å². The summed E-state index contributed by atoms with van der Waals surface area (Å²) in [6, 6.07) is 7.95. The minimum absolute atomic E-state index is 0.0389. The molecular weight excluding hydrogens is 809 g/mol. The highest BCUT2D eigenvalue weighted by Crippen LogP contribution is 2.66. The Balaban J connectivity index is 1.83. The topological polar surface area (TPSA) is 152 Å². The van der Waals surface area contributed by atoms with Gasteiger partial charge in [-0.25, -0.2) is 4.79 Å². The van der Waals surface area contributed by atoms with Crippen molar-refractivity contribution < 1.29 is 52.8 Å². The normalized spacial score (nSPS) is 34.0. The molecule has 1 heterocycles. The maximum Gasteiger partial charge on any atom is 0.338 e. The third kappa shape index (κ3) is 7.18. The molecule has 52 heavy (non-hydrogen) atoms. The van der Waals surface area contributed by atoms with E-state index < -0.39 is 102 Å². The van der Waals surface area contributed by atoms with Gasteiger partial charge in [0.1, 0.15) is 36.9 Å². The Labute approximate surface area is 330 Å². The molecule has 0 radical (unpaired) electrons. The summed E-state index contributed by atoms with van der Waals surface area (Å²) >= 11 is 35.6. The van der Waals surface area contributed by atoms with Crippen LogP contribution in [0, 0.1) is 28.6 Å². The minimum Gasteiger partial charge on any atom is -0.461 e. The molecule has 3 aliphatic carbocycles. The van der Waals surface area contributed by atoms with Gasteiger partial charge >= 0.3 is 23.9 Å². The number of ether oxygens (including phenoxy) is 5. The number of fused-ring (bicyclic) bond motifs is 5. The van der Waals surface area contributed by atoms with Crippen molar-refractivity contribution in [1.29, 1.82) is 0 Å². The van der Waals surface area contributed by atoms with E-state index in [0.29, 0.717) is 5.57 Å². The van der Waals surface area contributed by atoms with Crippen LogP contribution in [-0.2, 0) is 42.9 Å². The summed E-state index contributed by atoms with van der Waals surface area (Å²) in [6.45, 7) is 5.70. The monoisotopic (exact) mass is 844 g/mol. The second-order valence-electron chi connectivity index (χ2n) is 14.6. The lowest BCUT2D eigenvalue weighted by molar-refractivity contribution is -0.338. The molecule has 2 bridgehead atoms. The van der Waals surface area contributed by atoms with Crippen LogP contribution in [0.3, 0.4) is 0 Å². The second kappa shape index (κ2) is 14.3. The van der Waals surface area contributed by atoms with E-state index in [1.807, 2.05) is 0 Å². The average molecular weight is 847 g/mol. The lowest BCUT2D eigenvalue weighted by Crippen LogP contribution is -2.81. The third-order valence-corrected chi connectivity index (χ3v) is 11.9. The number of Topliss-reactive ketones (excluding diaryl/α,β-unsaturated/α-hetero) is 1. The highest BCUT2D eigenvalue weighted by molar-refractivity contribution is 6.68. The number of benzene rings is 1. The van der Waals surface area contributed by atoms with E-state index in [1.54, 1.807) is 39.0 Å². The molecule has 1 aromatic carbocycles. The fourth-order valence-electron chi connectivity index (χ4n) is 8.82. The number of esters is 4. The summed E-state index contributed by atoms with van der Waals surface area (Å²) in [5.74, 6) is -9.50. The number of carbonyl (C=O) groups excluding carboxylic acids is 5. The standard InChI is InChI=1S/C35H38Cl6O11/c1-17-11-12-33(47)26(51-27(44)19-9-7-6-8-10-19)24-31(5,25(43)22(23(17)30(33,3)4)29(46)50-16-35(39,40)41)20(28(45)49-15-34(36,37)38)13-21-32(24,14-48-21)52-18(2)42/h6-10,20-22,24,26,47H,11-16H2,1-5H3/t20-,21-,22-,24+,26+,31-,32+,33-/m1/s1. The summed E-state index contributed by atoms with van der Waals surface area (Å²) in [7, 11) is 0. The van der Waals surface area contributed by atoms with Crippen molar-refractivity contribution >= 4 is 99.3 Å². The van der Waals surface area contributed by atoms with Crippen molar-refractivity contribution in [2.45, 2.75) is 84.9 Å². The molecule has 0 unspecified atom stereocenters. The van der Waals surface area contributed by atoms with Crippen molar-refractivity contribution in [3.63, 3.8) is 0 Å². The summed E-state index contributed by atoms with van der Waals surface area (Å²) < 4.78 is 25.1. The highest BCUT2D eigenvalue weighted by Gasteiger charge is 2.79. The fourth-order valence-corrected chi connectivity index (χ4v) is 9.15. The van der Waals surface area contributed by atoms with Crippen LogP contribution in [0.1, 0.15) is 64.2 Å². The molecule has 0 spiro atoms. The van der Waals surface area contributed by atoms with E-state index in [0.717, 1.165) is 6.92 Å². The molecule has 11 nitrogen and oxygen atoms in total. The molecule has 4 aliphatic rings. The van der Waals surface area contributed by atoms with Crippen LogP contribution in [0.4, 0.5) is 0 Å². The first-order valence-corrected chi connectivity index (χ1v) is 18.7. The van der Waals surface area contributed by atoms with Gasteiger partial charge in [0, 0.05) is 12.3 Å². The Morgan fingerprint density at radius 1 is 0.942 bits per heavy atom. The van der Waals surface area contributed by atoms with Gasteiger partial charge in [-0.15, -0.1) is 0 Å². The van der Waals surface area contributed by atoms with Crippen LogP contribution in [0.15, 0.2) is 41.5 Å². The van der Waals surface area contributed by atoms with E-state index in [9.17, 15) is 24.3 Å². The zero-order valence-electron chi connectivity index (χ0n) is 28.8. The van der Waals surface area contributed by atoms with Gasteiger partial charge in [0.25, 0.3) is 0 Å². The van der Waals surface area contributed by atoms with Gasteiger partial charge in [-0.1, -0.05) is 114 Å². The van der Waals surface area contributed by atoms with Gasteiger partial charge in [-0.3, -0.25) is 19.2 Å². The minimum atomic E-state index is -2.14. The number of rotatable bonds is 7. The molecule has 0 amide bonds. The van der Waals surface area contributed by atoms with Crippen molar-refractivity contribution in [1.82, 2.24) is 0 Å². The summed E-state index contributed by atoms with van der Waals surface area (Å²) in [6.07, 6.45) is -2.90. The SMILES string of the molecule is CC(=O)O[C@@]12CO[C@@H]1C[C@H](C(=O)OCC(Cl)(Cl)Cl)[C@@]1(C)C(=O)[C@H](C(=O)OCC(Cl)(Cl)Cl)C3=C(C)CC[C@@](O)([C@@H](OC(=O)c4ccccc4)[C@H]21)C3(C)C. The molecule has 1 aliphatic heterocycles. The van der Waals surface area contributed by atoms with Crippen molar-refractivity contribution in [2.75, 3.05) is 19.8 Å². The number of hydrogen-bond acceptors (Lipinski definition) is 11. The van der Waals surface area contributed by atoms with E-state index in [4.69, 9.17) is 93.3 Å². The smallest absolute Gasteiger partial charge is 0.338 e. The van der Waals surface area contributed by atoms with Gasteiger partial charge < -0.3 is 28.8 Å². The van der Waals surface area contributed by atoms with E-state index in [-0.39, 0.29) is 37.0 Å². The van der Waals surface area contributed by atoms with Gasteiger partial charge in [0.15, 0.2) is 11.4 Å². The zero-order chi connectivity index (χ0) is 38.8. The largest absolute Gasteiger partial charge is 0.461 e. The van der Waals surface area contributed by atoms with Crippen LogP contribution in [0.2, 0.25) is 0 Å². The molecule has 286 valence electrons. The molecule has 1 aromatic rings. The first kappa shape index (κ1) is 41.3. The molecule has 17 heteroatoms. The second-order valence-corrected chi connectivity index (χ2v) is 19.6. The Morgan fingerprint density at radius 3 is 2.04 bits per heavy atom. The number of alkyl halides is 6. The summed E-state index contributed by atoms with van der Waals surface area (Å²) in [4.78, 5) is 71.1. The number of allylic oxidation sites excluding steroid dienone is 1. The number of carbonyl (C=O) groups is 5. The van der Waals surface area contributed by atoms with Crippen LogP contribution in [-0.4, -0.2) is 85.6 Å². The van der Waals surface area contributed by atoms with Crippen molar-refractivity contribution in [3.05, 3.63) is 47.0 Å². The maximum absolute atomic E-state index is 15.7. The molecule has 5 rings (SSSR count). The molecular formula is C35H38Cl6O11. The number of aliphatic hydroxyl groups is 1. The predicted octanol–water partition coefficient (Wildman–Crippen LogP) is 6.45. The lowest BCUT2D eigenvalue weighted by atomic mass is 9.42. The Hall–Kier alpha value is -1.83. The van der Waals surface area contributed by atoms with Crippen LogP contribution < -0.4 is 0 Å². The molecule has 0 aromatic heterocycles. The molecule has 8 atom stereocenters. The first-order chi connectivity index (χ1) is 23.9. The molecule has 3 fully saturated rings. The molecule has 1 saturated heterocycles. The molecule has 2 saturated carbocycles. The van der Waals surface area contributed by atoms with Crippen molar-refractivity contribution in [2.24, 2.45) is 28.6 Å². The lowest BCUT2D eigenvalue weighted by Gasteiger charge is -2.67. The Bertz CT molecular complexity index is 1670. The first-order valence-electron chi connectivity index (χ1n) is 16.4. The zero-order valence-corrected chi connectivity index (χ0v) is 33.3. The number of halogens is 6.